The van der Waals surface area contributed by atoms with E-state index in [1.165, 1.54) is 4.68 Å². The third-order valence-electron chi connectivity index (χ3n) is 7.02. The Kier molecular flexibility index (Phi) is 7.87. The summed E-state index contributed by atoms with van der Waals surface area (Å²) in [6.07, 6.45) is -0.934. The van der Waals surface area contributed by atoms with Crippen molar-refractivity contribution < 1.29 is 26.7 Å². The van der Waals surface area contributed by atoms with Crippen molar-refractivity contribution in [3.05, 3.63) is 17.0 Å². The second-order valence-electron chi connectivity index (χ2n) is 9.57. The molecule has 0 spiro atoms. The van der Waals surface area contributed by atoms with Crippen molar-refractivity contribution in [3.63, 3.8) is 0 Å². The van der Waals surface area contributed by atoms with Crippen LogP contribution in [0, 0.1) is 5.41 Å². The van der Waals surface area contributed by atoms with Gasteiger partial charge in [-0.05, 0) is 57.5 Å². The molecule has 1 fully saturated rings. The lowest BCUT2D eigenvalue weighted by atomic mass is 9.67. The van der Waals surface area contributed by atoms with Gasteiger partial charge in [0, 0.05) is 30.9 Å². The Bertz CT molecular complexity index is 756. The molecule has 0 atom stereocenters. The Morgan fingerprint density at radius 3 is 2.53 bits per heavy atom. The molecule has 184 valence electrons. The quantitative estimate of drug-likeness (QED) is 0.521. The number of aromatic nitrogens is 2. The zero-order valence-corrected chi connectivity index (χ0v) is 19.2. The molecule has 1 aromatic rings. The number of nitrogens with one attached hydrogen (secondary N) is 1. The number of nitrogens with zero attached hydrogens (tertiary/aromatic N) is 3. The van der Waals surface area contributed by atoms with E-state index in [9.17, 15) is 22.0 Å². The van der Waals surface area contributed by atoms with Crippen LogP contribution in [0.1, 0.15) is 61.9 Å². The molecule has 0 radical (unpaired) electrons. The highest BCUT2D eigenvalue weighted by Gasteiger charge is 2.44. The normalized spacial score (nSPS) is 25.5. The van der Waals surface area contributed by atoms with Gasteiger partial charge in [0.05, 0.1) is 18.7 Å². The van der Waals surface area contributed by atoms with Crippen LogP contribution in [0.5, 0.6) is 0 Å². The fourth-order valence-electron chi connectivity index (χ4n) is 5.13. The van der Waals surface area contributed by atoms with Gasteiger partial charge in [-0.1, -0.05) is 6.92 Å². The number of likely N-dealkylation sites (N-methyl/N-ethyl adjacent to an activating group) is 2. The fraction of sp³-hybridized carbons (Fsp3) is 0.864. The first kappa shape index (κ1) is 25.4. The molecule has 10 heteroatoms. The zero-order valence-electron chi connectivity index (χ0n) is 19.2. The molecular formula is C22H35F5N4O. The van der Waals surface area contributed by atoms with Gasteiger partial charge in [0.15, 0.2) is 0 Å². The van der Waals surface area contributed by atoms with Crippen molar-refractivity contribution in [1.82, 2.24) is 20.0 Å². The van der Waals surface area contributed by atoms with Gasteiger partial charge in [-0.15, -0.1) is 0 Å². The van der Waals surface area contributed by atoms with Crippen LogP contribution < -0.4 is 5.32 Å². The van der Waals surface area contributed by atoms with E-state index in [1.54, 1.807) is 0 Å². The van der Waals surface area contributed by atoms with Crippen LogP contribution in [-0.2, 0) is 24.2 Å². The van der Waals surface area contributed by atoms with Crippen molar-refractivity contribution in [3.8, 4) is 0 Å². The van der Waals surface area contributed by atoms with E-state index < -0.39 is 18.7 Å². The number of rotatable bonds is 10. The monoisotopic (exact) mass is 466 g/mol. The average Bonchev–Trinajstić information content (AvgIpc) is 3.16. The molecular weight excluding hydrogens is 431 g/mol. The number of hydrogen-bond donors (Lipinski definition) is 1. The molecule has 2 heterocycles. The molecule has 2 aliphatic rings. The summed E-state index contributed by atoms with van der Waals surface area (Å²) in [6.45, 7) is 2.68. The molecule has 32 heavy (non-hydrogen) atoms. The van der Waals surface area contributed by atoms with Crippen molar-refractivity contribution in [2.45, 2.75) is 76.6 Å². The lowest BCUT2D eigenvalue weighted by Gasteiger charge is -2.40. The second kappa shape index (κ2) is 9.93. The Morgan fingerprint density at radius 1 is 1.25 bits per heavy atom. The molecule has 0 unspecified atom stereocenters. The van der Waals surface area contributed by atoms with Gasteiger partial charge in [0.1, 0.15) is 13.2 Å². The van der Waals surface area contributed by atoms with E-state index >= 15 is 0 Å². The van der Waals surface area contributed by atoms with Gasteiger partial charge in [-0.2, -0.15) is 18.3 Å². The summed E-state index contributed by atoms with van der Waals surface area (Å²) in [4.78, 5) is 2.13. The van der Waals surface area contributed by atoms with E-state index in [1.807, 2.05) is 21.0 Å². The minimum absolute atomic E-state index is 0.0829. The third-order valence-corrected chi connectivity index (χ3v) is 7.02. The second-order valence-corrected chi connectivity index (χ2v) is 9.57. The molecule has 0 bridgehead atoms. The predicted molar refractivity (Wildman–Crippen MR) is 112 cm³/mol. The maximum absolute atomic E-state index is 14.1. The highest BCUT2D eigenvalue weighted by atomic mass is 19.4. The largest absolute Gasteiger partial charge is 0.411 e. The number of fused-ring (bicyclic) bond motifs is 1. The summed E-state index contributed by atoms with van der Waals surface area (Å²) in [5, 5.41) is 7.67. The smallest absolute Gasteiger partial charge is 0.371 e. The predicted octanol–water partition coefficient (Wildman–Crippen LogP) is 4.36. The van der Waals surface area contributed by atoms with E-state index in [4.69, 9.17) is 4.74 Å². The standard InChI is InChI=1S/C22H35F5N4O/c1-4-20(14-32-15-22(25,26)27)7-5-16(6-8-20)19-17(12-30(3)10-9-28-2)29-31-13-21(23,24)11-18(19)31/h16,28H,4-15H2,1-3H3. The summed E-state index contributed by atoms with van der Waals surface area (Å²) in [5.41, 5.74) is 2.15. The first-order valence-corrected chi connectivity index (χ1v) is 11.4. The van der Waals surface area contributed by atoms with Gasteiger partial charge in [-0.25, -0.2) is 8.78 Å². The zero-order chi connectivity index (χ0) is 23.6. The SMILES string of the molecule is CCC1(COCC(F)(F)F)CCC(c2c(CN(C)CCNC)nn3c2CC(F)(F)C3)CC1. The van der Waals surface area contributed by atoms with Gasteiger partial charge in [0.25, 0.3) is 5.92 Å². The lowest BCUT2D eigenvalue weighted by Crippen LogP contribution is -2.33. The molecule has 1 N–H and O–H groups in total. The van der Waals surface area contributed by atoms with Gasteiger partial charge < -0.3 is 10.1 Å². The summed E-state index contributed by atoms with van der Waals surface area (Å²) >= 11 is 0. The fourth-order valence-corrected chi connectivity index (χ4v) is 5.13. The van der Waals surface area contributed by atoms with Crippen LogP contribution >= 0.6 is 0 Å². The molecule has 3 rings (SSSR count). The highest BCUT2D eigenvalue weighted by Crippen LogP contribution is 2.48. The molecule has 1 aliphatic carbocycles. The number of halogens is 5. The Hall–Kier alpha value is -1.26. The third kappa shape index (κ3) is 6.20. The maximum Gasteiger partial charge on any atom is 0.411 e. The van der Waals surface area contributed by atoms with Gasteiger partial charge in [0.2, 0.25) is 0 Å². The van der Waals surface area contributed by atoms with Crippen LogP contribution in [0.25, 0.3) is 0 Å². The summed E-state index contributed by atoms with van der Waals surface area (Å²) in [6, 6.07) is 0. The number of hydrogen-bond acceptors (Lipinski definition) is 4. The van der Waals surface area contributed by atoms with Crippen molar-refractivity contribution in [2.24, 2.45) is 5.41 Å². The molecule has 1 aliphatic heterocycles. The minimum atomic E-state index is -4.33. The molecule has 1 saturated carbocycles. The Morgan fingerprint density at radius 2 is 1.94 bits per heavy atom. The van der Waals surface area contributed by atoms with Gasteiger partial charge >= 0.3 is 6.18 Å². The van der Waals surface area contributed by atoms with E-state index in [2.05, 4.69) is 15.3 Å². The first-order valence-electron chi connectivity index (χ1n) is 11.4. The summed E-state index contributed by atoms with van der Waals surface area (Å²) in [5.74, 6) is -2.68. The van der Waals surface area contributed by atoms with E-state index in [0.717, 1.165) is 56.5 Å². The van der Waals surface area contributed by atoms with Crippen LogP contribution in [0.15, 0.2) is 0 Å². The Balaban J connectivity index is 1.73. The molecule has 0 saturated heterocycles. The first-order chi connectivity index (χ1) is 15.0. The lowest BCUT2D eigenvalue weighted by molar-refractivity contribution is -0.182. The summed E-state index contributed by atoms with van der Waals surface area (Å²) in [7, 11) is 3.87. The summed E-state index contributed by atoms with van der Waals surface area (Å²) < 4.78 is 72.2. The van der Waals surface area contributed by atoms with Crippen LogP contribution in [-0.4, -0.2) is 67.2 Å². The van der Waals surface area contributed by atoms with E-state index in [-0.39, 0.29) is 30.9 Å². The van der Waals surface area contributed by atoms with Crippen molar-refractivity contribution in [1.29, 1.82) is 0 Å². The molecule has 1 aromatic heterocycles. The van der Waals surface area contributed by atoms with Crippen LogP contribution in [0.3, 0.4) is 0 Å². The molecule has 5 nitrogen and oxygen atoms in total. The maximum atomic E-state index is 14.1. The highest BCUT2D eigenvalue weighted by molar-refractivity contribution is 5.34. The van der Waals surface area contributed by atoms with E-state index in [0.29, 0.717) is 12.2 Å². The average molecular weight is 467 g/mol. The molecule has 0 aromatic carbocycles. The van der Waals surface area contributed by atoms with Crippen LogP contribution in [0.2, 0.25) is 0 Å². The van der Waals surface area contributed by atoms with Crippen molar-refractivity contribution >= 4 is 0 Å². The topological polar surface area (TPSA) is 42.3 Å². The van der Waals surface area contributed by atoms with Crippen LogP contribution in [0.4, 0.5) is 22.0 Å². The minimum Gasteiger partial charge on any atom is -0.371 e. The number of ether oxygens (including phenoxy) is 1. The van der Waals surface area contributed by atoms with Crippen molar-refractivity contribution in [2.75, 3.05) is 40.4 Å². The number of alkyl halides is 5. The molecule has 0 amide bonds. The Labute approximate surface area is 186 Å². The van der Waals surface area contributed by atoms with Gasteiger partial charge in [-0.3, -0.25) is 9.58 Å².